The summed E-state index contributed by atoms with van der Waals surface area (Å²) in [6.45, 7) is 1.61. The van der Waals surface area contributed by atoms with Gasteiger partial charge in [-0.3, -0.25) is 19.7 Å². The van der Waals surface area contributed by atoms with Gasteiger partial charge in [-0.25, -0.2) is 9.82 Å². The molecule has 31 heavy (non-hydrogen) atoms. The lowest BCUT2D eigenvalue weighted by Crippen LogP contribution is -2.32. The molecule has 1 aromatic heterocycles. The van der Waals surface area contributed by atoms with Gasteiger partial charge in [0.05, 0.1) is 16.2 Å². The Labute approximate surface area is 179 Å². The summed E-state index contributed by atoms with van der Waals surface area (Å²) in [6.07, 6.45) is 1.16. The maximum atomic E-state index is 13.1. The average molecular weight is 445 g/mol. The Hall–Kier alpha value is -4.05. The largest absolute Gasteiger partial charge is 0.455 e. The molecule has 158 valence electrons. The summed E-state index contributed by atoms with van der Waals surface area (Å²) >= 11 is 5.61. The Morgan fingerprint density at radius 3 is 2.68 bits per heavy atom. The SMILES string of the molecule is Cc1c(-c2ccc(C=NNC(=O)C(=O)Nc3ccc(F)c(Cl)c3)o2)cccc1[N+](=O)[O-]. The third kappa shape index (κ3) is 5.11. The van der Waals surface area contributed by atoms with E-state index in [1.54, 1.807) is 31.2 Å². The van der Waals surface area contributed by atoms with Crippen LogP contribution in [0.15, 0.2) is 58.0 Å². The van der Waals surface area contributed by atoms with Crippen LogP contribution >= 0.6 is 11.6 Å². The van der Waals surface area contributed by atoms with Gasteiger partial charge < -0.3 is 9.73 Å². The Balaban J connectivity index is 1.63. The minimum absolute atomic E-state index is 0.0372. The van der Waals surface area contributed by atoms with Crippen LogP contribution in [0.5, 0.6) is 0 Å². The molecule has 0 unspecified atom stereocenters. The first-order chi connectivity index (χ1) is 14.8. The number of hydrazone groups is 1. The predicted octanol–water partition coefficient (Wildman–Crippen LogP) is 4.04. The number of nitro groups is 1. The molecule has 0 bridgehead atoms. The fraction of sp³-hybridized carbons (Fsp3) is 0.0500. The molecule has 3 rings (SSSR count). The van der Waals surface area contributed by atoms with Crippen LogP contribution in [0.25, 0.3) is 11.3 Å². The van der Waals surface area contributed by atoms with Crippen molar-refractivity contribution in [3.63, 3.8) is 0 Å². The number of carbonyl (C=O) groups is 2. The van der Waals surface area contributed by atoms with Gasteiger partial charge in [0.25, 0.3) is 5.69 Å². The first-order valence-corrected chi connectivity index (χ1v) is 9.07. The summed E-state index contributed by atoms with van der Waals surface area (Å²) in [5, 5.41) is 16.8. The number of furan rings is 1. The van der Waals surface area contributed by atoms with Crippen LogP contribution in [0.3, 0.4) is 0 Å². The molecule has 0 radical (unpaired) electrons. The summed E-state index contributed by atoms with van der Waals surface area (Å²) in [5.74, 6) is -2.15. The molecular weight excluding hydrogens is 431 g/mol. The number of halogens is 2. The van der Waals surface area contributed by atoms with Crippen molar-refractivity contribution in [3.8, 4) is 11.3 Å². The molecule has 0 atom stereocenters. The molecule has 0 fully saturated rings. The van der Waals surface area contributed by atoms with Crippen molar-refractivity contribution in [2.24, 2.45) is 5.10 Å². The van der Waals surface area contributed by atoms with Gasteiger partial charge in [0.15, 0.2) is 0 Å². The smallest absolute Gasteiger partial charge is 0.329 e. The molecular formula is C20H14ClFN4O5. The third-order valence-electron chi connectivity index (χ3n) is 4.14. The number of hydrogen-bond donors (Lipinski definition) is 2. The van der Waals surface area contributed by atoms with Crippen molar-refractivity contribution in [1.82, 2.24) is 5.43 Å². The van der Waals surface area contributed by atoms with E-state index in [-0.39, 0.29) is 22.2 Å². The molecule has 0 saturated heterocycles. The zero-order valence-electron chi connectivity index (χ0n) is 15.9. The number of hydrogen-bond acceptors (Lipinski definition) is 6. The number of rotatable bonds is 5. The third-order valence-corrected chi connectivity index (χ3v) is 4.43. The lowest BCUT2D eigenvalue weighted by atomic mass is 10.1. The monoisotopic (exact) mass is 444 g/mol. The molecule has 0 saturated carbocycles. The van der Waals surface area contributed by atoms with E-state index in [4.69, 9.17) is 16.0 Å². The lowest BCUT2D eigenvalue weighted by Gasteiger charge is -2.04. The fourth-order valence-corrected chi connectivity index (χ4v) is 2.80. The normalized spacial score (nSPS) is 10.8. The number of nitrogens with one attached hydrogen (secondary N) is 2. The van der Waals surface area contributed by atoms with E-state index in [0.29, 0.717) is 16.9 Å². The topological polar surface area (TPSA) is 127 Å². The molecule has 2 amide bonds. The highest BCUT2D eigenvalue weighted by Gasteiger charge is 2.17. The highest BCUT2D eigenvalue weighted by atomic mass is 35.5. The van der Waals surface area contributed by atoms with Crippen molar-refractivity contribution in [2.45, 2.75) is 6.92 Å². The number of amides is 2. The zero-order chi connectivity index (χ0) is 22.5. The van der Waals surface area contributed by atoms with Gasteiger partial charge in [-0.15, -0.1) is 0 Å². The number of nitrogens with zero attached hydrogens (tertiary/aromatic N) is 2. The molecule has 3 aromatic rings. The van der Waals surface area contributed by atoms with E-state index >= 15 is 0 Å². The van der Waals surface area contributed by atoms with Gasteiger partial charge in [0.2, 0.25) is 0 Å². The van der Waals surface area contributed by atoms with Crippen LogP contribution in [-0.4, -0.2) is 23.0 Å². The number of carbonyl (C=O) groups excluding carboxylic acids is 2. The predicted molar refractivity (Wildman–Crippen MR) is 111 cm³/mol. The van der Waals surface area contributed by atoms with Gasteiger partial charge in [0, 0.05) is 22.9 Å². The quantitative estimate of drug-likeness (QED) is 0.265. The Morgan fingerprint density at radius 2 is 1.97 bits per heavy atom. The van der Waals surface area contributed by atoms with Crippen molar-refractivity contribution in [1.29, 1.82) is 0 Å². The number of anilines is 1. The Kier molecular flexibility index (Phi) is 6.41. The molecule has 2 aromatic carbocycles. The maximum Gasteiger partial charge on any atom is 0.329 e. The van der Waals surface area contributed by atoms with Crippen LogP contribution in [0.4, 0.5) is 15.8 Å². The molecule has 1 heterocycles. The van der Waals surface area contributed by atoms with E-state index in [0.717, 1.165) is 18.3 Å². The Bertz CT molecular complexity index is 1210. The van der Waals surface area contributed by atoms with Crippen molar-refractivity contribution >= 4 is 41.0 Å². The summed E-state index contributed by atoms with van der Waals surface area (Å²) in [5.41, 5.74) is 3.10. The molecule has 9 nitrogen and oxygen atoms in total. The first-order valence-electron chi connectivity index (χ1n) is 8.70. The molecule has 2 N–H and O–H groups in total. The van der Waals surface area contributed by atoms with E-state index in [1.165, 1.54) is 12.1 Å². The summed E-state index contributed by atoms with van der Waals surface area (Å²) < 4.78 is 18.7. The zero-order valence-corrected chi connectivity index (χ0v) is 16.6. The summed E-state index contributed by atoms with van der Waals surface area (Å²) in [4.78, 5) is 34.3. The second-order valence-corrected chi connectivity index (χ2v) is 6.60. The van der Waals surface area contributed by atoms with E-state index < -0.39 is 22.6 Å². The fourth-order valence-electron chi connectivity index (χ4n) is 2.62. The van der Waals surface area contributed by atoms with Crippen LogP contribution < -0.4 is 10.7 Å². The van der Waals surface area contributed by atoms with Crippen LogP contribution in [0.2, 0.25) is 5.02 Å². The highest BCUT2D eigenvalue weighted by Crippen LogP contribution is 2.30. The number of nitro benzene ring substituents is 1. The minimum Gasteiger partial charge on any atom is -0.455 e. The number of benzene rings is 2. The standard InChI is InChI=1S/C20H14ClFN4O5/c1-11-14(3-2-4-17(11)26(29)30)18-8-6-13(31-18)10-23-25-20(28)19(27)24-12-5-7-16(22)15(21)9-12/h2-10H,1H3,(H,24,27)(H,25,28). The van der Waals surface area contributed by atoms with Crippen LogP contribution in [-0.2, 0) is 9.59 Å². The maximum absolute atomic E-state index is 13.1. The summed E-state index contributed by atoms with van der Waals surface area (Å²) in [7, 11) is 0. The van der Waals surface area contributed by atoms with Gasteiger partial charge >= 0.3 is 11.8 Å². The average Bonchev–Trinajstić information content (AvgIpc) is 3.19. The van der Waals surface area contributed by atoms with Gasteiger partial charge in [-0.05, 0) is 37.3 Å². The lowest BCUT2D eigenvalue weighted by molar-refractivity contribution is -0.385. The van der Waals surface area contributed by atoms with Crippen LogP contribution in [0, 0.1) is 22.9 Å². The molecule has 0 aliphatic rings. The van der Waals surface area contributed by atoms with Crippen molar-refractivity contribution in [3.05, 3.63) is 80.8 Å². The Morgan fingerprint density at radius 1 is 1.19 bits per heavy atom. The molecule has 0 aliphatic carbocycles. The first kappa shape index (κ1) is 21.7. The van der Waals surface area contributed by atoms with E-state index in [2.05, 4.69) is 10.4 Å². The minimum atomic E-state index is -1.07. The second kappa shape index (κ2) is 9.18. The molecule has 11 heteroatoms. The van der Waals surface area contributed by atoms with E-state index in [9.17, 15) is 24.1 Å². The van der Waals surface area contributed by atoms with Crippen molar-refractivity contribution < 1.29 is 23.3 Å². The van der Waals surface area contributed by atoms with Gasteiger partial charge in [-0.1, -0.05) is 23.7 Å². The molecule has 0 aliphatic heterocycles. The van der Waals surface area contributed by atoms with Gasteiger partial charge in [-0.2, -0.15) is 5.10 Å². The van der Waals surface area contributed by atoms with Crippen molar-refractivity contribution in [2.75, 3.05) is 5.32 Å². The molecule has 0 spiro atoms. The van der Waals surface area contributed by atoms with E-state index in [1.807, 2.05) is 5.43 Å². The van der Waals surface area contributed by atoms with Gasteiger partial charge in [0.1, 0.15) is 17.3 Å². The van der Waals surface area contributed by atoms with Crippen LogP contribution in [0.1, 0.15) is 11.3 Å². The summed E-state index contributed by atoms with van der Waals surface area (Å²) in [6, 6.07) is 11.2. The highest BCUT2D eigenvalue weighted by molar-refractivity contribution is 6.39. The second-order valence-electron chi connectivity index (χ2n) is 6.19.